The number of nitrogens with one attached hydrogen (secondary N) is 1. The molecule has 1 amide bonds. The normalized spacial score (nSPS) is 11.4. The number of halogens is 2. The maximum atomic E-state index is 12.9. The summed E-state index contributed by atoms with van der Waals surface area (Å²) >= 11 is 5.82. The SMILES string of the molecule is CC(C)(N)CCC(=O)Nc1cc(F)ccc1Cl. The summed E-state index contributed by atoms with van der Waals surface area (Å²) in [4.78, 5) is 11.6. The van der Waals surface area contributed by atoms with E-state index in [1.54, 1.807) is 0 Å². The van der Waals surface area contributed by atoms with Crippen molar-refractivity contribution in [3.63, 3.8) is 0 Å². The van der Waals surface area contributed by atoms with Crippen LogP contribution in [-0.2, 0) is 4.79 Å². The fourth-order valence-electron chi connectivity index (χ4n) is 1.24. The van der Waals surface area contributed by atoms with E-state index in [0.29, 0.717) is 11.4 Å². The Morgan fingerprint density at radius 3 is 2.76 bits per heavy atom. The molecule has 0 aliphatic heterocycles. The van der Waals surface area contributed by atoms with Crippen LogP contribution < -0.4 is 11.1 Å². The highest BCUT2D eigenvalue weighted by Crippen LogP contribution is 2.22. The van der Waals surface area contributed by atoms with E-state index in [-0.39, 0.29) is 18.0 Å². The number of carbonyl (C=O) groups excluding carboxylic acids is 1. The van der Waals surface area contributed by atoms with E-state index in [2.05, 4.69) is 5.32 Å². The van der Waals surface area contributed by atoms with Gasteiger partial charge in [-0.1, -0.05) is 11.6 Å². The predicted molar refractivity (Wildman–Crippen MR) is 67.5 cm³/mol. The Morgan fingerprint density at radius 2 is 2.18 bits per heavy atom. The van der Waals surface area contributed by atoms with Gasteiger partial charge in [0.15, 0.2) is 0 Å². The van der Waals surface area contributed by atoms with Crippen molar-refractivity contribution in [2.45, 2.75) is 32.2 Å². The molecule has 3 nitrogen and oxygen atoms in total. The number of nitrogens with two attached hydrogens (primary N) is 1. The molecule has 1 rings (SSSR count). The summed E-state index contributed by atoms with van der Waals surface area (Å²) in [5, 5.41) is 2.87. The van der Waals surface area contributed by atoms with Crippen LogP contribution in [0.3, 0.4) is 0 Å². The molecule has 3 N–H and O–H groups in total. The Hall–Kier alpha value is -1.13. The van der Waals surface area contributed by atoms with Gasteiger partial charge in [0.2, 0.25) is 5.91 Å². The highest BCUT2D eigenvalue weighted by Gasteiger charge is 2.14. The molecule has 0 saturated heterocycles. The molecule has 0 aromatic heterocycles. The van der Waals surface area contributed by atoms with Gasteiger partial charge >= 0.3 is 0 Å². The maximum absolute atomic E-state index is 12.9. The van der Waals surface area contributed by atoms with Gasteiger partial charge in [-0.15, -0.1) is 0 Å². The van der Waals surface area contributed by atoms with Crippen LogP contribution in [0.25, 0.3) is 0 Å². The molecule has 0 heterocycles. The van der Waals surface area contributed by atoms with Crippen LogP contribution in [0.4, 0.5) is 10.1 Å². The number of benzene rings is 1. The van der Waals surface area contributed by atoms with Gasteiger partial charge in [-0.3, -0.25) is 4.79 Å². The maximum Gasteiger partial charge on any atom is 0.224 e. The molecular formula is C12H16ClFN2O. The zero-order chi connectivity index (χ0) is 13.1. The molecular weight excluding hydrogens is 243 g/mol. The molecule has 17 heavy (non-hydrogen) atoms. The van der Waals surface area contributed by atoms with Crippen LogP contribution in [0, 0.1) is 5.82 Å². The first-order chi connectivity index (χ1) is 7.78. The Bertz CT molecular complexity index is 415. The first-order valence-corrected chi connectivity index (χ1v) is 5.69. The van der Waals surface area contributed by atoms with E-state index < -0.39 is 11.4 Å². The smallest absolute Gasteiger partial charge is 0.224 e. The van der Waals surface area contributed by atoms with E-state index in [1.165, 1.54) is 18.2 Å². The number of rotatable bonds is 4. The topological polar surface area (TPSA) is 55.1 Å². The molecule has 0 aliphatic carbocycles. The van der Waals surface area contributed by atoms with Crippen LogP contribution >= 0.6 is 11.6 Å². The molecule has 0 spiro atoms. The van der Waals surface area contributed by atoms with E-state index >= 15 is 0 Å². The summed E-state index contributed by atoms with van der Waals surface area (Å²) in [5.74, 6) is -0.667. The van der Waals surface area contributed by atoms with Crippen molar-refractivity contribution in [1.82, 2.24) is 0 Å². The van der Waals surface area contributed by atoms with Gasteiger partial charge in [-0.25, -0.2) is 4.39 Å². The summed E-state index contributed by atoms with van der Waals surface area (Å²) in [6.07, 6.45) is 0.822. The first kappa shape index (κ1) is 13.9. The molecule has 0 radical (unpaired) electrons. The summed E-state index contributed by atoms with van der Waals surface area (Å²) in [5.41, 5.74) is 5.65. The third-order valence-corrected chi connectivity index (χ3v) is 2.53. The molecule has 0 bridgehead atoms. The average molecular weight is 259 g/mol. The third-order valence-electron chi connectivity index (χ3n) is 2.20. The van der Waals surface area contributed by atoms with Crippen molar-refractivity contribution in [1.29, 1.82) is 0 Å². The van der Waals surface area contributed by atoms with Crippen molar-refractivity contribution >= 4 is 23.2 Å². The van der Waals surface area contributed by atoms with Gasteiger partial charge < -0.3 is 11.1 Å². The zero-order valence-corrected chi connectivity index (χ0v) is 10.6. The number of hydrogen-bond acceptors (Lipinski definition) is 2. The molecule has 0 saturated carbocycles. The van der Waals surface area contributed by atoms with Crippen LogP contribution in [0.2, 0.25) is 5.02 Å². The van der Waals surface area contributed by atoms with E-state index in [0.717, 1.165) is 0 Å². The third kappa shape index (κ3) is 5.15. The van der Waals surface area contributed by atoms with Crippen LogP contribution in [0.15, 0.2) is 18.2 Å². The first-order valence-electron chi connectivity index (χ1n) is 5.32. The lowest BCUT2D eigenvalue weighted by Gasteiger charge is -2.17. The fourth-order valence-corrected chi connectivity index (χ4v) is 1.41. The summed E-state index contributed by atoms with van der Waals surface area (Å²) in [7, 11) is 0. The minimum Gasteiger partial charge on any atom is -0.326 e. The minimum absolute atomic E-state index is 0.226. The van der Waals surface area contributed by atoms with Crippen LogP contribution in [0.5, 0.6) is 0 Å². The lowest BCUT2D eigenvalue weighted by molar-refractivity contribution is -0.116. The zero-order valence-electron chi connectivity index (χ0n) is 9.89. The van der Waals surface area contributed by atoms with Crippen LogP contribution in [-0.4, -0.2) is 11.4 Å². The van der Waals surface area contributed by atoms with E-state index in [4.69, 9.17) is 17.3 Å². The van der Waals surface area contributed by atoms with Crippen molar-refractivity contribution in [2.75, 3.05) is 5.32 Å². The van der Waals surface area contributed by atoms with Crippen molar-refractivity contribution in [3.05, 3.63) is 29.0 Å². The number of amides is 1. The van der Waals surface area contributed by atoms with Crippen molar-refractivity contribution in [3.8, 4) is 0 Å². The van der Waals surface area contributed by atoms with Gasteiger partial charge in [-0.05, 0) is 38.5 Å². The largest absolute Gasteiger partial charge is 0.326 e. The Morgan fingerprint density at radius 1 is 1.53 bits per heavy atom. The van der Waals surface area contributed by atoms with Crippen LogP contribution in [0.1, 0.15) is 26.7 Å². The number of carbonyl (C=O) groups is 1. The molecule has 1 aromatic rings. The molecule has 0 fully saturated rings. The molecule has 94 valence electrons. The van der Waals surface area contributed by atoms with Crippen molar-refractivity contribution < 1.29 is 9.18 Å². The molecule has 1 aromatic carbocycles. The summed E-state index contributed by atoms with van der Waals surface area (Å²) in [6, 6.07) is 3.83. The molecule has 0 atom stereocenters. The summed E-state index contributed by atoms with van der Waals surface area (Å²) in [6.45, 7) is 3.69. The minimum atomic E-state index is -0.441. The second-order valence-corrected chi connectivity index (χ2v) is 5.07. The number of anilines is 1. The quantitative estimate of drug-likeness (QED) is 0.872. The van der Waals surface area contributed by atoms with Gasteiger partial charge in [-0.2, -0.15) is 0 Å². The fraction of sp³-hybridized carbons (Fsp3) is 0.417. The van der Waals surface area contributed by atoms with Gasteiger partial charge in [0.25, 0.3) is 0 Å². The second kappa shape index (κ2) is 5.47. The average Bonchev–Trinajstić information content (AvgIpc) is 2.20. The second-order valence-electron chi connectivity index (χ2n) is 4.66. The molecule has 0 aliphatic rings. The molecule has 0 unspecified atom stereocenters. The standard InChI is InChI=1S/C12H16ClFN2O/c1-12(2,15)6-5-11(17)16-10-7-8(14)3-4-9(10)13/h3-4,7H,5-6,15H2,1-2H3,(H,16,17). The highest BCUT2D eigenvalue weighted by atomic mass is 35.5. The Kier molecular flexibility index (Phi) is 4.48. The van der Waals surface area contributed by atoms with Gasteiger partial charge in [0.05, 0.1) is 10.7 Å². The Balaban J connectivity index is 2.59. The number of hydrogen-bond donors (Lipinski definition) is 2. The lowest BCUT2D eigenvalue weighted by Crippen LogP contribution is -2.33. The highest BCUT2D eigenvalue weighted by molar-refractivity contribution is 6.33. The van der Waals surface area contributed by atoms with Gasteiger partial charge in [0.1, 0.15) is 5.82 Å². The van der Waals surface area contributed by atoms with E-state index in [9.17, 15) is 9.18 Å². The van der Waals surface area contributed by atoms with Gasteiger partial charge in [0, 0.05) is 12.0 Å². The van der Waals surface area contributed by atoms with Crippen molar-refractivity contribution in [2.24, 2.45) is 5.73 Å². The van der Waals surface area contributed by atoms with E-state index in [1.807, 2.05) is 13.8 Å². The monoisotopic (exact) mass is 258 g/mol. The lowest BCUT2D eigenvalue weighted by atomic mass is 10.00. The Labute approximate surface area is 105 Å². The summed E-state index contributed by atoms with van der Waals surface area (Å²) < 4.78 is 12.9. The predicted octanol–water partition coefficient (Wildman–Crippen LogP) is 2.94. The molecule has 5 heteroatoms.